The molecule has 0 aliphatic carbocycles. The maximum Gasteiger partial charge on any atom is 0.263 e. The standard InChI is InChI=1S/C28H31N3O2S/c32-27(24-13-15-30(16-14-24)28(33)25-12-7-21-34-25)31-19-17-29(18-20-31)26(22-8-3-1-4-9-22)23-10-5-2-6-11-23/h1-12,21,24,26H,13-20H2. The van der Waals surface area contributed by atoms with E-state index in [1.807, 2.05) is 27.3 Å². The molecule has 2 saturated heterocycles. The van der Waals surface area contributed by atoms with Gasteiger partial charge in [-0.1, -0.05) is 66.7 Å². The number of likely N-dealkylation sites (tertiary alicyclic amines) is 1. The number of nitrogens with zero attached hydrogens (tertiary/aromatic N) is 3. The minimum atomic E-state index is 0.0259. The van der Waals surface area contributed by atoms with Crippen LogP contribution in [0.5, 0.6) is 0 Å². The molecular formula is C28H31N3O2S. The fourth-order valence-corrected chi connectivity index (χ4v) is 5.92. The van der Waals surface area contributed by atoms with E-state index < -0.39 is 0 Å². The molecule has 2 aliphatic heterocycles. The lowest BCUT2D eigenvalue weighted by Crippen LogP contribution is -2.52. The van der Waals surface area contributed by atoms with Gasteiger partial charge in [-0.05, 0) is 35.4 Å². The SMILES string of the molecule is O=C(c1cccs1)N1CCC(C(=O)N2CCN(C(c3ccccc3)c3ccccc3)CC2)CC1. The third-order valence-electron chi connectivity index (χ3n) is 7.09. The van der Waals surface area contributed by atoms with Crippen LogP contribution in [0, 0.1) is 5.92 Å². The summed E-state index contributed by atoms with van der Waals surface area (Å²) in [4.78, 5) is 33.1. The Hall–Kier alpha value is -2.96. The number of benzene rings is 2. The predicted octanol–water partition coefficient (Wildman–Crippen LogP) is 4.53. The topological polar surface area (TPSA) is 43.9 Å². The van der Waals surface area contributed by atoms with Gasteiger partial charge in [0.1, 0.15) is 0 Å². The van der Waals surface area contributed by atoms with Gasteiger partial charge in [0.15, 0.2) is 0 Å². The van der Waals surface area contributed by atoms with Gasteiger partial charge in [0, 0.05) is 45.2 Å². The summed E-state index contributed by atoms with van der Waals surface area (Å²) in [5, 5.41) is 1.93. The van der Waals surface area contributed by atoms with E-state index >= 15 is 0 Å². The van der Waals surface area contributed by atoms with Gasteiger partial charge in [0.05, 0.1) is 10.9 Å². The van der Waals surface area contributed by atoms with E-state index in [1.165, 1.54) is 22.5 Å². The van der Waals surface area contributed by atoms with Crippen molar-refractivity contribution in [2.75, 3.05) is 39.3 Å². The summed E-state index contributed by atoms with van der Waals surface area (Å²) in [6, 6.07) is 25.3. The Morgan fingerprint density at radius 3 is 1.82 bits per heavy atom. The fourth-order valence-electron chi connectivity index (χ4n) is 5.23. The summed E-state index contributed by atoms with van der Waals surface area (Å²) in [6.45, 7) is 4.55. The molecule has 34 heavy (non-hydrogen) atoms. The van der Waals surface area contributed by atoms with Crippen molar-refractivity contribution < 1.29 is 9.59 Å². The Morgan fingerprint density at radius 1 is 0.706 bits per heavy atom. The summed E-state index contributed by atoms with van der Waals surface area (Å²) in [6.07, 6.45) is 1.51. The van der Waals surface area contributed by atoms with Crippen LogP contribution in [0.4, 0.5) is 0 Å². The molecule has 0 N–H and O–H groups in total. The number of hydrogen-bond acceptors (Lipinski definition) is 4. The molecule has 0 spiro atoms. The first-order chi connectivity index (χ1) is 16.7. The van der Waals surface area contributed by atoms with Gasteiger partial charge in [-0.2, -0.15) is 0 Å². The van der Waals surface area contributed by atoms with Gasteiger partial charge in [0.2, 0.25) is 5.91 Å². The number of thiophene rings is 1. The van der Waals surface area contributed by atoms with Crippen molar-refractivity contribution in [1.82, 2.24) is 14.7 Å². The maximum atomic E-state index is 13.3. The Bertz CT molecular complexity index is 1030. The van der Waals surface area contributed by atoms with E-state index in [0.717, 1.165) is 43.9 Å². The number of amides is 2. The average molecular weight is 474 g/mol. The molecule has 0 radical (unpaired) electrons. The van der Waals surface area contributed by atoms with Crippen molar-refractivity contribution in [3.8, 4) is 0 Å². The van der Waals surface area contributed by atoms with E-state index in [-0.39, 0.29) is 23.8 Å². The highest BCUT2D eigenvalue weighted by Crippen LogP contribution is 2.30. The zero-order valence-electron chi connectivity index (χ0n) is 19.4. The van der Waals surface area contributed by atoms with Crippen LogP contribution in [-0.4, -0.2) is 65.8 Å². The Morgan fingerprint density at radius 2 is 1.29 bits per heavy atom. The molecule has 6 heteroatoms. The summed E-state index contributed by atoms with van der Waals surface area (Å²) in [5.41, 5.74) is 2.58. The summed E-state index contributed by atoms with van der Waals surface area (Å²) < 4.78 is 0. The lowest BCUT2D eigenvalue weighted by Gasteiger charge is -2.41. The van der Waals surface area contributed by atoms with Gasteiger partial charge >= 0.3 is 0 Å². The molecule has 0 atom stereocenters. The number of hydrogen-bond donors (Lipinski definition) is 0. The molecular weight excluding hydrogens is 442 g/mol. The number of piperidine rings is 1. The van der Waals surface area contributed by atoms with E-state index in [2.05, 4.69) is 65.6 Å². The van der Waals surface area contributed by atoms with Crippen molar-refractivity contribution in [1.29, 1.82) is 0 Å². The first-order valence-corrected chi connectivity index (χ1v) is 13.0. The zero-order valence-corrected chi connectivity index (χ0v) is 20.2. The molecule has 3 heterocycles. The zero-order chi connectivity index (χ0) is 23.3. The van der Waals surface area contributed by atoms with Crippen LogP contribution in [0.3, 0.4) is 0 Å². The second-order valence-corrected chi connectivity index (χ2v) is 10.1. The molecule has 2 aromatic carbocycles. The average Bonchev–Trinajstić information content (AvgIpc) is 3.45. The van der Waals surface area contributed by atoms with E-state index in [1.54, 1.807) is 0 Å². The minimum Gasteiger partial charge on any atom is -0.340 e. The highest BCUT2D eigenvalue weighted by molar-refractivity contribution is 7.12. The van der Waals surface area contributed by atoms with Crippen molar-refractivity contribution in [2.45, 2.75) is 18.9 Å². The molecule has 2 aliphatic rings. The molecule has 0 saturated carbocycles. The highest BCUT2D eigenvalue weighted by atomic mass is 32.1. The molecule has 0 bridgehead atoms. The van der Waals surface area contributed by atoms with Crippen LogP contribution in [-0.2, 0) is 4.79 Å². The Kier molecular flexibility index (Phi) is 7.07. The number of carbonyl (C=O) groups excluding carboxylic acids is 2. The van der Waals surface area contributed by atoms with Gasteiger partial charge < -0.3 is 9.80 Å². The summed E-state index contributed by atoms with van der Waals surface area (Å²) in [5.74, 6) is 0.388. The maximum absolute atomic E-state index is 13.3. The fraction of sp³-hybridized carbons (Fsp3) is 0.357. The van der Waals surface area contributed by atoms with Crippen LogP contribution in [0.15, 0.2) is 78.2 Å². The smallest absolute Gasteiger partial charge is 0.263 e. The molecule has 3 aromatic rings. The summed E-state index contributed by atoms with van der Waals surface area (Å²) >= 11 is 1.48. The summed E-state index contributed by atoms with van der Waals surface area (Å²) in [7, 11) is 0. The van der Waals surface area contributed by atoms with Crippen molar-refractivity contribution in [2.24, 2.45) is 5.92 Å². The Labute approximate surface area is 205 Å². The van der Waals surface area contributed by atoms with Crippen LogP contribution in [0.25, 0.3) is 0 Å². The quantitative estimate of drug-likeness (QED) is 0.547. The largest absolute Gasteiger partial charge is 0.340 e. The van der Waals surface area contributed by atoms with Gasteiger partial charge in [-0.15, -0.1) is 11.3 Å². The van der Waals surface area contributed by atoms with Gasteiger partial charge in [-0.25, -0.2) is 0 Å². The molecule has 2 amide bonds. The predicted molar refractivity (Wildman–Crippen MR) is 136 cm³/mol. The van der Waals surface area contributed by atoms with E-state index in [0.29, 0.717) is 13.1 Å². The van der Waals surface area contributed by atoms with Crippen LogP contribution < -0.4 is 0 Å². The van der Waals surface area contributed by atoms with Crippen molar-refractivity contribution in [3.05, 3.63) is 94.2 Å². The van der Waals surface area contributed by atoms with E-state index in [4.69, 9.17) is 0 Å². The number of rotatable bonds is 5. The molecule has 5 nitrogen and oxygen atoms in total. The molecule has 1 aromatic heterocycles. The third kappa shape index (κ3) is 4.93. The molecule has 2 fully saturated rings. The second kappa shape index (κ2) is 10.5. The van der Waals surface area contributed by atoms with Crippen LogP contribution >= 0.6 is 11.3 Å². The first kappa shape index (κ1) is 22.8. The number of carbonyl (C=O) groups is 2. The Balaban J connectivity index is 1.18. The highest BCUT2D eigenvalue weighted by Gasteiger charge is 2.33. The van der Waals surface area contributed by atoms with E-state index in [9.17, 15) is 9.59 Å². The second-order valence-electron chi connectivity index (χ2n) is 9.13. The minimum absolute atomic E-state index is 0.0259. The van der Waals surface area contributed by atoms with Crippen LogP contribution in [0.1, 0.15) is 39.7 Å². The van der Waals surface area contributed by atoms with Crippen molar-refractivity contribution in [3.63, 3.8) is 0 Å². The number of piperazine rings is 1. The lowest BCUT2D eigenvalue weighted by molar-refractivity contribution is -0.139. The molecule has 176 valence electrons. The van der Waals surface area contributed by atoms with Crippen molar-refractivity contribution >= 4 is 23.2 Å². The van der Waals surface area contributed by atoms with Crippen LogP contribution in [0.2, 0.25) is 0 Å². The van der Waals surface area contributed by atoms with Gasteiger partial charge in [0.25, 0.3) is 5.91 Å². The normalized spacial score (nSPS) is 17.8. The third-order valence-corrected chi connectivity index (χ3v) is 7.94. The lowest BCUT2D eigenvalue weighted by atomic mass is 9.94. The molecule has 5 rings (SSSR count). The molecule has 0 unspecified atom stereocenters. The van der Waals surface area contributed by atoms with Gasteiger partial charge in [-0.3, -0.25) is 14.5 Å². The monoisotopic (exact) mass is 473 g/mol. The first-order valence-electron chi connectivity index (χ1n) is 12.2.